The average molecular weight is 349 g/mol. The zero-order valence-corrected chi connectivity index (χ0v) is 15.6. The Bertz CT molecular complexity index is 578. The first kappa shape index (κ1) is 18.2. The van der Waals surface area contributed by atoms with Crippen molar-refractivity contribution in [2.45, 2.75) is 70.7 Å². The van der Waals surface area contributed by atoms with Gasteiger partial charge in [-0.3, -0.25) is 4.68 Å². The van der Waals surface area contributed by atoms with Crippen LogP contribution in [0.4, 0.5) is 10.5 Å². The van der Waals surface area contributed by atoms with Crippen molar-refractivity contribution in [1.29, 1.82) is 0 Å². The van der Waals surface area contributed by atoms with Crippen molar-refractivity contribution < 1.29 is 9.53 Å². The molecule has 0 aromatic carbocycles. The highest BCUT2D eigenvalue weighted by Gasteiger charge is 2.42. The predicted molar refractivity (Wildman–Crippen MR) is 97.7 cm³/mol. The van der Waals surface area contributed by atoms with E-state index in [1.54, 1.807) is 10.9 Å². The molecule has 1 aromatic heterocycles. The number of rotatable bonds is 5. The van der Waals surface area contributed by atoms with E-state index in [9.17, 15) is 4.79 Å². The Labute approximate surface area is 150 Å². The van der Waals surface area contributed by atoms with E-state index in [1.165, 1.54) is 0 Å². The number of carbonyl (C=O) groups excluding carboxylic acids is 1. The van der Waals surface area contributed by atoms with Crippen LogP contribution in [-0.2, 0) is 11.3 Å². The third-order valence-electron chi connectivity index (χ3n) is 5.48. The largest absolute Gasteiger partial charge is 0.370 e. The van der Waals surface area contributed by atoms with Gasteiger partial charge in [-0.15, -0.1) is 0 Å². The summed E-state index contributed by atoms with van der Waals surface area (Å²) in [6.45, 7) is 10.1. The summed E-state index contributed by atoms with van der Waals surface area (Å²) in [6.07, 6.45) is 7.94. The number of aromatic nitrogens is 2. The number of hydrogen-bond donors (Lipinski definition) is 2. The number of carbonyl (C=O) groups is 1. The maximum Gasteiger partial charge on any atom is 0.319 e. The van der Waals surface area contributed by atoms with Gasteiger partial charge in [0.25, 0.3) is 0 Å². The highest BCUT2D eigenvalue weighted by Crippen LogP contribution is 2.39. The predicted octanol–water partition coefficient (Wildman–Crippen LogP) is 2.45. The van der Waals surface area contributed by atoms with Crippen molar-refractivity contribution in [2.24, 2.45) is 0 Å². The van der Waals surface area contributed by atoms with E-state index >= 15 is 0 Å². The van der Waals surface area contributed by atoms with Crippen LogP contribution in [0.1, 0.15) is 46.5 Å². The smallest absolute Gasteiger partial charge is 0.319 e. The summed E-state index contributed by atoms with van der Waals surface area (Å²) in [5.41, 5.74) is 0.750. The first-order valence-corrected chi connectivity index (χ1v) is 9.49. The Balaban J connectivity index is 1.40. The molecule has 1 spiro atoms. The minimum absolute atomic E-state index is 0.0382. The maximum absolute atomic E-state index is 12.0. The zero-order chi connectivity index (χ0) is 17.9. The fourth-order valence-electron chi connectivity index (χ4n) is 3.84. The lowest BCUT2D eigenvalue weighted by Crippen LogP contribution is -2.47. The van der Waals surface area contributed by atoms with Gasteiger partial charge in [-0.1, -0.05) is 0 Å². The minimum Gasteiger partial charge on any atom is -0.370 e. The van der Waals surface area contributed by atoms with Gasteiger partial charge in [0.1, 0.15) is 0 Å². The van der Waals surface area contributed by atoms with Crippen LogP contribution >= 0.6 is 0 Å². The van der Waals surface area contributed by atoms with Crippen molar-refractivity contribution in [2.75, 3.05) is 25.0 Å². The SMILES string of the molecule is CCn1cc(NC(=O)NCC2CCC3(CCN(C(C)C)CC3)O2)cn1. The number of aryl methyl sites for hydroxylation is 1. The molecule has 2 N–H and O–H groups in total. The van der Waals surface area contributed by atoms with Gasteiger partial charge in [-0.05, 0) is 46.5 Å². The molecule has 25 heavy (non-hydrogen) atoms. The molecular weight excluding hydrogens is 318 g/mol. The van der Waals surface area contributed by atoms with Gasteiger partial charge in [0, 0.05) is 38.4 Å². The quantitative estimate of drug-likeness (QED) is 0.856. The second-order valence-electron chi connectivity index (χ2n) is 7.51. The summed E-state index contributed by atoms with van der Waals surface area (Å²) in [6, 6.07) is 0.409. The van der Waals surface area contributed by atoms with Gasteiger partial charge in [0.15, 0.2) is 0 Å². The molecule has 7 nitrogen and oxygen atoms in total. The van der Waals surface area contributed by atoms with E-state index in [1.807, 2.05) is 13.1 Å². The van der Waals surface area contributed by atoms with Crippen LogP contribution in [0.25, 0.3) is 0 Å². The molecule has 0 saturated carbocycles. The molecule has 0 aliphatic carbocycles. The van der Waals surface area contributed by atoms with Crippen molar-refractivity contribution in [3.63, 3.8) is 0 Å². The zero-order valence-electron chi connectivity index (χ0n) is 15.6. The summed E-state index contributed by atoms with van der Waals surface area (Å²) < 4.78 is 8.14. The molecule has 2 fully saturated rings. The van der Waals surface area contributed by atoms with Gasteiger partial charge in [0.2, 0.25) is 0 Å². The molecule has 0 radical (unpaired) electrons. The molecule has 2 amide bonds. The number of piperidine rings is 1. The monoisotopic (exact) mass is 349 g/mol. The number of ether oxygens (including phenoxy) is 1. The lowest BCUT2D eigenvalue weighted by atomic mass is 9.88. The number of likely N-dealkylation sites (tertiary alicyclic amines) is 1. The molecule has 7 heteroatoms. The molecule has 140 valence electrons. The number of anilines is 1. The van der Waals surface area contributed by atoms with Crippen LogP contribution in [0.3, 0.4) is 0 Å². The van der Waals surface area contributed by atoms with Crippen molar-refractivity contribution in [1.82, 2.24) is 20.0 Å². The highest BCUT2D eigenvalue weighted by molar-refractivity contribution is 5.88. The Morgan fingerprint density at radius 2 is 2.16 bits per heavy atom. The molecule has 3 heterocycles. The first-order chi connectivity index (χ1) is 12.0. The first-order valence-electron chi connectivity index (χ1n) is 9.49. The van der Waals surface area contributed by atoms with Crippen LogP contribution in [0.2, 0.25) is 0 Å². The Morgan fingerprint density at radius 3 is 2.80 bits per heavy atom. The van der Waals surface area contributed by atoms with Gasteiger partial charge < -0.3 is 20.3 Å². The van der Waals surface area contributed by atoms with Crippen LogP contribution in [0.5, 0.6) is 0 Å². The second-order valence-corrected chi connectivity index (χ2v) is 7.51. The van der Waals surface area contributed by atoms with Crippen LogP contribution in [-0.4, -0.2) is 58.1 Å². The summed E-state index contributed by atoms with van der Waals surface area (Å²) in [4.78, 5) is 14.5. The Kier molecular flexibility index (Phi) is 5.64. The highest BCUT2D eigenvalue weighted by atomic mass is 16.5. The van der Waals surface area contributed by atoms with Crippen LogP contribution < -0.4 is 10.6 Å². The number of amides is 2. The summed E-state index contributed by atoms with van der Waals surface area (Å²) in [5, 5.41) is 9.89. The van der Waals surface area contributed by atoms with Gasteiger partial charge in [0.05, 0.1) is 23.6 Å². The minimum atomic E-state index is -0.199. The topological polar surface area (TPSA) is 71.4 Å². The van der Waals surface area contributed by atoms with Crippen molar-refractivity contribution in [3.05, 3.63) is 12.4 Å². The third-order valence-corrected chi connectivity index (χ3v) is 5.48. The number of nitrogens with one attached hydrogen (secondary N) is 2. The van der Waals surface area contributed by atoms with E-state index in [4.69, 9.17) is 4.74 Å². The molecule has 1 unspecified atom stereocenters. The molecule has 0 bridgehead atoms. The van der Waals surface area contributed by atoms with Crippen LogP contribution in [0.15, 0.2) is 12.4 Å². The fraction of sp³-hybridized carbons (Fsp3) is 0.778. The van der Waals surface area contributed by atoms with Crippen molar-refractivity contribution in [3.8, 4) is 0 Å². The molecule has 2 aliphatic rings. The number of hydrogen-bond acceptors (Lipinski definition) is 4. The summed E-state index contributed by atoms with van der Waals surface area (Å²) in [5.74, 6) is 0. The molecular formula is C18H31N5O2. The summed E-state index contributed by atoms with van der Waals surface area (Å²) >= 11 is 0. The van der Waals surface area contributed by atoms with E-state index in [-0.39, 0.29) is 17.7 Å². The second kappa shape index (κ2) is 7.74. The fourth-order valence-corrected chi connectivity index (χ4v) is 3.84. The van der Waals surface area contributed by atoms with E-state index < -0.39 is 0 Å². The molecule has 2 aliphatic heterocycles. The maximum atomic E-state index is 12.0. The number of urea groups is 1. The molecule has 3 rings (SSSR count). The lowest BCUT2D eigenvalue weighted by Gasteiger charge is -2.40. The van der Waals surface area contributed by atoms with E-state index in [2.05, 4.69) is 34.5 Å². The Hall–Kier alpha value is -1.60. The average Bonchev–Trinajstić information content (AvgIpc) is 3.21. The van der Waals surface area contributed by atoms with E-state index in [0.29, 0.717) is 18.3 Å². The third kappa shape index (κ3) is 4.52. The molecule has 1 aromatic rings. The standard InChI is InChI=1S/C18H31N5O2/c1-4-23-13-15(11-20-23)21-17(24)19-12-16-5-6-18(25-16)7-9-22(10-8-18)14(2)3/h11,13-14,16H,4-10,12H2,1-3H3,(H2,19,21,24). The molecule has 2 saturated heterocycles. The molecule has 1 atom stereocenters. The lowest BCUT2D eigenvalue weighted by molar-refractivity contribution is -0.0786. The van der Waals surface area contributed by atoms with Crippen molar-refractivity contribution >= 4 is 11.7 Å². The van der Waals surface area contributed by atoms with E-state index in [0.717, 1.165) is 45.3 Å². The summed E-state index contributed by atoms with van der Waals surface area (Å²) in [7, 11) is 0. The van der Waals surface area contributed by atoms with Gasteiger partial charge in [-0.2, -0.15) is 5.10 Å². The normalized spacial score (nSPS) is 23.3. The Morgan fingerprint density at radius 1 is 1.40 bits per heavy atom. The number of nitrogens with zero attached hydrogens (tertiary/aromatic N) is 3. The van der Waals surface area contributed by atoms with Crippen LogP contribution in [0, 0.1) is 0 Å². The van der Waals surface area contributed by atoms with Gasteiger partial charge in [-0.25, -0.2) is 4.79 Å². The van der Waals surface area contributed by atoms with Gasteiger partial charge >= 0.3 is 6.03 Å².